The van der Waals surface area contributed by atoms with Crippen molar-refractivity contribution in [2.75, 3.05) is 19.8 Å². The Labute approximate surface area is 236 Å². The Bertz CT molecular complexity index is 1540. The lowest BCUT2D eigenvalue weighted by atomic mass is 10.00. The SMILES string of the molecule is CC(=O)O[C@]1(CO)CO[C@@H](O[C@@H]2[C@H](Oc3cc(O)c4c(=O)cc(-c5ccc(O)c(O)c5)oc4c3)OC[C@@H](O)[C@@H]2O)[C@H]1O. The number of aromatic hydroxyl groups is 3. The highest BCUT2D eigenvalue weighted by atomic mass is 16.8. The molecule has 0 unspecified atom stereocenters. The van der Waals surface area contributed by atoms with Gasteiger partial charge in [-0.1, -0.05) is 0 Å². The van der Waals surface area contributed by atoms with Crippen molar-refractivity contribution in [3.8, 4) is 34.3 Å². The van der Waals surface area contributed by atoms with Crippen LogP contribution in [-0.4, -0.2) is 104 Å². The van der Waals surface area contributed by atoms with Crippen molar-refractivity contribution in [1.29, 1.82) is 0 Å². The standard InChI is InChI=1S/C27H28O15/c1-11(29)42-27(9-28)10-38-26(24(27)36)41-23-22(35)18(34)8-37-25(23)39-13-5-16(32)21-17(33)7-19(40-20(21)6-13)12-2-3-14(30)15(31)4-12/h2-7,18,22-26,28,30-32,34-36H,8-10H2,1H3/t18-,22+,23+,24-,25+,26+,27-/m1/s1. The molecule has 0 saturated carbocycles. The summed E-state index contributed by atoms with van der Waals surface area (Å²) in [5.74, 6) is -2.26. The Morgan fingerprint density at radius 3 is 2.45 bits per heavy atom. The predicted octanol–water partition coefficient (Wildman–Crippen LogP) is -0.570. The van der Waals surface area contributed by atoms with Crippen LogP contribution >= 0.6 is 0 Å². The van der Waals surface area contributed by atoms with Gasteiger partial charge in [-0.25, -0.2) is 0 Å². The van der Waals surface area contributed by atoms with Gasteiger partial charge < -0.3 is 63.8 Å². The molecular formula is C27H28O15. The lowest BCUT2D eigenvalue weighted by Crippen LogP contribution is -2.58. The van der Waals surface area contributed by atoms with Crippen LogP contribution in [0.15, 0.2) is 45.6 Å². The third-order valence-electron chi connectivity index (χ3n) is 6.92. The van der Waals surface area contributed by atoms with E-state index in [0.29, 0.717) is 0 Å². The number of phenols is 3. The Morgan fingerprint density at radius 2 is 1.76 bits per heavy atom. The molecule has 5 rings (SSSR count). The van der Waals surface area contributed by atoms with Crippen LogP contribution < -0.4 is 10.2 Å². The zero-order chi connectivity index (χ0) is 30.3. The average Bonchev–Trinajstić information content (AvgIpc) is 3.23. The van der Waals surface area contributed by atoms with Crippen LogP contribution in [0, 0.1) is 0 Å². The summed E-state index contributed by atoms with van der Waals surface area (Å²) in [6, 6.07) is 7.20. The summed E-state index contributed by atoms with van der Waals surface area (Å²) in [6.07, 6.45) is -9.30. The molecule has 7 N–H and O–H groups in total. The van der Waals surface area contributed by atoms with E-state index in [4.69, 9.17) is 28.1 Å². The maximum absolute atomic E-state index is 12.8. The highest BCUT2D eigenvalue weighted by molar-refractivity contribution is 5.86. The lowest BCUT2D eigenvalue weighted by Gasteiger charge is -2.39. The number of ether oxygens (including phenoxy) is 5. The van der Waals surface area contributed by atoms with Crippen molar-refractivity contribution in [3.63, 3.8) is 0 Å². The molecule has 7 atom stereocenters. The molecule has 15 heteroatoms. The number of fused-ring (bicyclic) bond motifs is 1. The molecule has 0 radical (unpaired) electrons. The van der Waals surface area contributed by atoms with Gasteiger partial charge in [0.2, 0.25) is 6.29 Å². The van der Waals surface area contributed by atoms with Crippen LogP contribution in [0.2, 0.25) is 0 Å². The van der Waals surface area contributed by atoms with Crippen molar-refractivity contribution in [3.05, 3.63) is 46.6 Å². The fourth-order valence-corrected chi connectivity index (χ4v) is 4.74. The first-order valence-corrected chi connectivity index (χ1v) is 12.7. The molecule has 3 heterocycles. The van der Waals surface area contributed by atoms with Gasteiger partial charge in [-0.2, -0.15) is 0 Å². The van der Waals surface area contributed by atoms with Crippen molar-refractivity contribution in [2.45, 2.75) is 49.5 Å². The fraction of sp³-hybridized carbons (Fsp3) is 0.407. The van der Waals surface area contributed by atoms with Gasteiger partial charge in [-0.3, -0.25) is 9.59 Å². The summed E-state index contributed by atoms with van der Waals surface area (Å²) >= 11 is 0. The molecular weight excluding hydrogens is 564 g/mol. The topological polar surface area (TPSA) is 235 Å². The molecule has 0 bridgehead atoms. The van der Waals surface area contributed by atoms with E-state index in [1.54, 1.807) is 0 Å². The van der Waals surface area contributed by atoms with Crippen molar-refractivity contribution >= 4 is 16.9 Å². The van der Waals surface area contributed by atoms with Gasteiger partial charge in [0.15, 0.2) is 34.9 Å². The molecule has 1 aromatic heterocycles. The fourth-order valence-electron chi connectivity index (χ4n) is 4.74. The molecule has 2 saturated heterocycles. The largest absolute Gasteiger partial charge is 0.507 e. The highest BCUT2D eigenvalue weighted by Gasteiger charge is 2.55. The number of esters is 1. The second-order valence-corrected chi connectivity index (χ2v) is 9.91. The first-order valence-electron chi connectivity index (χ1n) is 12.7. The number of carbonyl (C=O) groups is 1. The van der Waals surface area contributed by atoms with E-state index in [1.807, 2.05) is 0 Å². The second kappa shape index (κ2) is 11.4. The maximum Gasteiger partial charge on any atom is 0.303 e. The molecule has 2 aromatic carbocycles. The first kappa shape index (κ1) is 29.5. The minimum atomic E-state index is -1.83. The molecule has 0 aliphatic carbocycles. The molecule has 0 spiro atoms. The van der Waals surface area contributed by atoms with Gasteiger partial charge in [-0.15, -0.1) is 0 Å². The van der Waals surface area contributed by atoms with Gasteiger partial charge in [0.25, 0.3) is 0 Å². The van der Waals surface area contributed by atoms with E-state index >= 15 is 0 Å². The molecule has 15 nitrogen and oxygen atoms in total. The van der Waals surface area contributed by atoms with Gasteiger partial charge in [0.1, 0.15) is 46.5 Å². The zero-order valence-corrected chi connectivity index (χ0v) is 21.9. The van der Waals surface area contributed by atoms with E-state index in [2.05, 4.69) is 0 Å². The monoisotopic (exact) mass is 592 g/mol. The Morgan fingerprint density at radius 1 is 1.00 bits per heavy atom. The highest BCUT2D eigenvalue weighted by Crippen LogP contribution is 2.36. The third-order valence-corrected chi connectivity index (χ3v) is 6.92. The minimum Gasteiger partial charge on any atom is -0.507 e. The van der Waals surface area contributed by atoms with Gasteiger partial charge in [0, 0.05) is 30.7 Å². The lowest BCUT2D eigenvalue weighted by molar-refractivity contribution is -0.298. The molecule has 226 valence electrons. The maximum atomic E-state index is 12.8. The summed E-state index contributed by atoms with van der Waals surface area (Å²) in [5, 5.41) is 71.2. The summed E-state index contributed by atoms with van der Waals surface area (Å²) in [4.78, 5) is 24.3. The Balaban J connectivity index is 1.43. The Kier molecular flexibility index (Phi) is 8.00. The van der Waals surface area contributed by atoms with Gasteiger partial charge in [-0.05, 0) is 18.2 Å². The Hall–Kier alpha value is -3.96. The normalized spacial score (nSPS) is 29.5. The number of carbonyl (C=O) groups excluding carboxylic acids is 1. The number of aliphatic hydroxyl groups is 4. The summed E-state index contributed by atoms with van der Waals surface area (Å²) in [6.45, 7) is -0.550. The number of rotatable bonds is 7. The van der Waals surface area contributed by atoms with Crippen LogP contribution in [0.25, 0.3) is 22.3 Å². The van der Waals surface area contributed by atoms with Crippen LogP contribution in [0.1, 0.15) is 6.92 Å². The van der Waals surface area contributed by atoms with Crippen LogP contribution in [0.3, 0.4) is 0 Å². The van der Waals surface area contributed by atoms with E-state index in [-0.39, 0.29) is 33.8 Å². The molecule has 2 aliphatic heterocycles. The van der Waals surface area contributed by atoms with E-state index in [9.17, 15) is 45.3 Å². The smallest absolute Gasteiger partial charge is 0.303 e. The third kappa shape index (κ3) is 5.46. The molecule has 3 aromatic rings. The molecule has 2 aliphatic rings. The van der Waals surface area contributed by atoms with Gasteiger partial charge in [0.05, 0.1) is 19.8 Å². The summed E-state index contributed by atoms with van der Waals surface area (Å²) < 4.78 is 33.2. The number of benzene rings is 2. The molecule has 42 heavy (non-hydrogen) atoms. The number of phenolic OH excluding ortho intramolecular Hbond substituents is 3. The minimum absolute atomic E-state index is 0.000497. The van der Waals surface area contributed by atoms with Crippen LogP contribution in [0.4, 0.5) is 0 Å². The van der Waals surface area contributed by atoms with Crippen molar-refractivity contribution < 1.29 is 68.6 Å². The molecule has 0 amide bonds. The van der Waals surface area contributed by atoms with Gasteiger partial charge >= 0.3 is 5.97 Å². The number of hydrogen-bond donors (Lipinski definition) is 7. The van der Waals surface area contributed by atoms with E-state index in [0.717, 1.165) is 19.1 Å². The average molecular weight is 593 g/mol. The van der Waals surface area contributed by atoms with E-state index in [1.165, 1.54) is 24.3 Å². The van der Waals surface area contributed by atoms with Crippen molar-refractivity contribution in [1.82, 2.24) is 0 Å². The quantitative estimate of drug-likeness (QED) is 0.134. The predicted molar refractivity (Wildman–Crippen MR) is 137 cm³/mol. The van der Waals surface area contributed by atoms with Crippen LogP contribution in [-0.2, 0) is 23.7 Å². The van der Waals surface area contributed by atoms with E-state index < -0.39 is 85.3 Å². The number of hydrogen-bond acceptors (Lipinski definition) is 15. The molecule has 2 fully saturated rings. The van der Waals surface area contributed by atoms with Crippen molar-refractivity contribution in [2.24, 2.45) is 0 Å². The second-order valence-electron chi connectivity index (χ2n) is 9.91. The number of aliphatic hydroxyl groups excluding tert-OH is 4. The first-order chi connectivity index (χ1) is 19.9. The summed E-state index contributed by atoms with van der Waals surface area (Å²) in [5.41, 5.74) is -2.33. The summed E-state index contributed by atoms with van der Waals surface area (Å²) in [7, 11) is 0. The zero-order valence-electron chi connectivity index (χ0n) is 21.9. The van der Waals surface area contributed by atoms with Crippen LogP contribution in [0.5, 0.6) is 23.0 Å².